The fourth-order valence-electron chi connectivity index (χ4n) is 2.78. The molecule has 0 atom stereocenters. The van der Waals surface area contributed by atoms with Crippen molar-refractivity contribution in [2.45, 2.75) is 12.8 Å². The van der Waals surface area contributed by atoms with E-state index in [4.69, 9.17) is 10.4 Å². The van der Waals surface area contributed by atoms with E-state index in [0.717, 1.165) is 0 Å². The van der Waals surface area contributed by atoms with Crippen LogP contribution in [0.3, 0.4) is 0 Å². The van der Waals surface area contributed by atoms with Gasteiger partial charge in [0.2, 0.25) is 0 Å². The Kier molecular flexibility index (Phi) is 10.3. The van der Waals surface area contributed by atoms with Crippen molar-refractivity contribution in [1.82, 2.24) is 16.0 Å². The Morgan fingerprint density at radius 3 is 1.39 bits per heavy atom. The molecular weight excluding hydrogens is 398 g/mol. The third-order valence-corrected chi connectivity index (χ3v) is 4.36. The number of benzene rings is 2. The molecule has 0 aliphatic heterocycles. The Morgan fingerprint density at radius 2 is 1.03 bits per heavy atom. The SMILES string of the molecule is O=C(NCCCNCCCNC(=O)/C(=N\O)c1ccccc1)/C(=N\O)c1ccccc1. The molecule has 9 nitrogen and oxygen atoms in total. The molecule has 0 radical (unpaired) electrons. The van der Waals surface area contributed by atoms with Gasteiger partial charge in [-0.15, -0.1) is 0 Å². The number of hydrogen-bond donors (Lipinski definition) is 5. The third-order valence-electron chi connectivity index (χ3n) is 4.36. The first-order valence-electron chi connectivity index (χ1n) is 9.99. The Labute approximate surface area is 180 Å². The molecule has 0 heterocycles. The van der Waals surface area contributed by atoms with E-state index >= 15 is 0 Å². The van der Waals surface area contributed by atoms with Crippen LogP contribution < -0.4 is 16.0 Å². The average molecular weight is 425 g/mol. The monoisotopic (exact) mass is 425 g/mol. The Bertz CT molecular complexity index is 812. The van der Waals surface area contributed by atoms with Gasteiger partial charge in [-0.2, -0.15) is 0 Å². The number of amides is 2. The molecule has 0 fully saturated rings. The Balaban J connectivity index is 1.56. The summed E-state index contributed by atoms with van der Waals surface area (Å²) in [4.78, 5) is 24.2. The minimum atomic E-state index is -0.434. The van der Waals surface area contributed by atoms with Gasteiger partial charge in [-0.1, -0.05) is 71.0 Å². The van der Waals surface area contributed by atoms with E-state index < -0.39 is 11.8 Å². The number of carbonyl (C=O) groups is 2. The summed E-state index contributed by atoms with van der Waals surface area (Å²) in [5, 5.41) is 33.0. The van der Waals surface area contributed by atoms with Crippen LogP contribution in [0.5, 0.6) is 0 Å². The van der Waals surface area contributed by atoms with Gasteiger partial charge < -0.3 is 26.4 Å². The lowest BCUT2D eigenvalue weighted by atomic mass is 10.1. The third kappa shape index (κ3) is 7.90. The molecule has 0 spiro atoms. The first kappa shape index (κ1) is 23.6. The molecule has 0 aliphatic carbocycles. The topological polar surface area (TPSA) is 135 Å². The van der Waals surface area contributed by atoms with Crippen molar-refractivity contribution in [1.29, 1.82) is 0 Å². The predicted octanol–water partition coefficient (Wildman–Crippen LogP) is 1.35. The van der Waals surface area contributed by atoms with Crippen molar-refractivity contribution >= 4 is 23.2 Å². The van der Waals surface area contributed by atoms with Crippen LogP contribution >= 0.6 is 0 Å². The van der Waals surface area contributed by atoms with Crippen LogP contribution in [0.15, 0.2) is 71.0 Å². The second-order valence-corrected chi connectivity index (χ2v) is 6.60. The number of carbonyl (C=O) groups excluding carboxylic acids is 2. The van der Waals surface area contributed by atoms with Gasteiger partial charge in [0.15, 0.2) is 11.4 Å². The first-order chi connectivity index (χ1) is 15.2. The van der Waals surface area contributed by atoms with Gasteiger partial charge in [-0.3, -0.25) is 9.59 Å². The van der Waals surface area contributed by atoms with E-state index in [1.54, 1.807) is 48.5 Å². The fraction of sp³-hybridized carbons (Fsp3) is 0.273. The maximum absolute atomic E-state index is 12.1. The van der Waals surface area contributed by atoms with E-state index in [1.165, 1.54) is 0 Å². The predicted molar refractivity (Wildman–Crippen MR) is 118 cm³/mol. The minimum absolute atomic E-state index is 0.0226. The summed E-state index contributed by atoms with van der Waals surface area (Å²) in [5.74, 6) is -0.868. The maximum atomic E-state index is 12.1. The van der Waals surface area contributed by atoms with Crippen molar-refractivity contribution in [2.75, 3.05) is 26.2 Å². The molecule has 0 bridgehead atoms. The molecule has 5 N–H and O–H groups in total. The quantitative estimate of drug-likeness (QED) is 0.151. The molecule has 2 aromatic carbocycles. The zero-order valence-electron chi connectivity index (χ0n) is 17.1. The second kappa shape index (κ2) is 13.5. The molecule has 31 heavy (non-hydrogen) atoms. The van der Waals surface area contributed by atoms with E-state index in [2.05, 4.69) is 26.3 Å². The largest absolute Gasteiger partial charge is 0.410 e. The standard InChI is InChI=1S/C22H27N5O4/c28-21(19(26-30)17-9-3-1-4-10-17)24-15-7-13-23-14-8-16-25-22(29)20(27-31)18-11-5-2-6-12-18/h1-6,9-12,23,30-31H,7-8,13-16H2,(H,24,28)(H,25,29)/b26-19-,27-20-. The summed E-state index contributed by atoms with van der Waals surface area (Å²) >= 11 is 0. The summed E-state index contributed by atoms with van der Waals surface area (Å²) in [5.41, 5.74) is 1.05. The van der Waals surface area contributed by atoms with Crippen LogP contribution in [0.1, 0.15) is 24.0 Å². The fourth-order valence-corrected chi connectivity index (χ4v) is 2.78. The molecule has 9 heteroatoms. The van der Waals surface area contributed by atoms with Gasteiger partial charge >= 0.3 is 0 Å². The zero-order valence-corrected chi connectivity index (χ0v) is 17.1. The summed E-state index contributed by atoms with van der Waals surface area (Å²) in [6.45, 7) is 2.22. The van der Waals surface area contributed by atoms with Crippen LogP contribution in [0.2, 0.25) is 0 Å². The van der Waals surface area contributed by atoms with Gasteiger partial charge in [-0.05, 0) is 25.9 Å². The summed E-state index contributed by atoms with van der Waals surface area (Å²) in [6, 6.07) is 17.5. The Morgan fingerprint density at radius 1 is 0.645 bits per heavy atom. The van der Waals surface area contributed by atoms with Crippen molar-refractivity contribution in [3.63, 3.8) is 0 Å². The van der Waals surface area contributed by atoms with Crippen molar-refractivity contribution in [3.8, 4) is 0 Å². The van der Waals surface area contributed by atoms with Crippen molar-refractivity contribution in [3.05, 3.63) is 71.8 Å². The highest BCUT2D eigenvalue weighted by atomic mass is 16.4. The number of nitrogens with one attached hydrogen (secondary N) is 3. The molecule has 164 valence electrons. The van der Waals surface area contributed by atoms with E-state index in [0.29, 0.717) is 50.1 Å². The number of hydrogen-bond acceptors (Lipinski definition) is 7. The zero-order chi connectivity index (χ0) is 22.3. The summed E-state index contributed by atoms with van der Waals surface area (Å²) in [6.07, 6.45) is 1.39. The highest BCUT2D eigenvalue weighted by Gasteiger charge is 2.14. The number of oxime groups is 2. The average Bonchev–Trinajstić information content (AvgIpc) is 2.80. The van der Waals surface area contributed by atoms with E-state index in [9.17, 15) is 9.59 Å². The molecule has 2 aromatic rings. The normalized spacial score (nSPS) is 11.7. The van der Waals surface area contributed by atoms with Crippen LogP contribution in [0.25, 0.3) is 0 Å². The first-order valence-corrected chi connectivity index (χ1v) is 9.99. The van der Waals surface area contributed by atoms with Crippen LogP contribution in [0, 0.1) is 0 Å². The van der Waals surface area contributed by atoms with Crippen molar-refractivity contribution < 1.29 is 20.0 Å². The lowest BCUT2D eigenvalue weighted by Gasteiger charge is -2.09. The number of nitrogens with zero attached hydrogens (tertiary/aromatic N) is 2. The Hall–Kier alpha value is -3.72. The molecule has 0 unspecified atom stereocenters. The summed E-state index contributed by atoms with van der Waals surface area (Å²) < 4.78 is 0. The number of rotatable bonds is 12. The highest BCUT2D eigenvalue weighted by molar-refractivity contribution is 6.45. The van der Waals surface area contributed by atoms with E-state index in [1.807, 2.05) is 12.1 Å². The van der Waals surface area contributed by atoms with Gasteiger partial charge in [0.05, 0.1) is 0 Å². The molecule has 0 saturated carbocycles. The molecule has 0 aromatic heterocycles. The van der Waals surface area contributed by atoms with Crippen LogP contribution in [-0.2, 0) is 9.59 Å². The lowest BCUT2D eigenvalue weighted by molar-refractivity contribution is -0.115. The van der Waals surface area contributed by atoms with Gasteiger partial charge in [0.1, 0.15) is 0 Å². The van der Waals surface area contributed by atoms with Crippen LogP contribution in [0.4, 0.5) is 0 Å². The maximum Gasteiger partial charge on any atom is 0.273 e. The molecule has 2 rings (SSSR count). The van der Waals surface area contributed by atoms with E-state index in [-0.39, 0.29) is 11.4 Å². The van der Waals surface area contributed by atoms with Crippen molar-refractivity contribution in [2.24, 2.45) is 10.3 Å². The molecule has 0 saturated heterocycles. The van der Waals surface area contributed by atoms with Gasteiger partial charge in [0, 0.05) is 24.2 Å². The lowest BCUT2D eigenvalue weighted by Crippen LogP contribution is -2.35. The molecular formula is C22H27N5O4. The molecule has 2 amide bonds. The second-order valence-electron chi connectivity index (χ2n) is 6.60. The van der Waals surface area contributed by atoms with Gasteiger partial charge in [0.25, 0.3) is 11.8 Å². The summed E-state index contributed by atoms with van der Waals surface area (Å²) in [7, 11) is 0. The smallest absolute Gasteiger partial charge is 0.273 e. The highest BCUT2D eigenvalue weighted by Crippen LogP contribution is 2.02. The van der Waals surface area contributed by atoms with Crippen LogP contribution in [-0.4, -0.2) is 59.8 Å². The molecule has 0 aliphatic rings. The minimum Gasteiger partial charge on any atom is -0.410 e. The van der Waals surface area contributed by atoms with Gasteiger partial charge in [-0.25, -0.2) is 0 Å².